The quantitative estimate of drug-likeness (QED) is 0.492. The third-order valence-electron chi connectivity index (χ3n) is 4.43. The maximum Gasteiger partial charge on any atom is 0.131 e. The maximum absolute atomic E-state index is 14.6. The largest absolute Gasteiger partial charge is 0.376 e. The smallest absolute Gasteiger partial charge is 0.131 e. The average Bonchev–Trinajstić information content (AvgIpc) is 3.14. The Morgan fingerprint density at radius 1 is 0.923 bits per heavy atom. The summed E-state index contributed by atoms with van der Waals surface area (Å²) in [5.74, 6) is -0.218. The van der Waals surface area contributed by atoms with Crippen LogP contribution in [0.25, 0.3) is 22.0 Å². The lowest BCUT2D eigenvalue weighted by Gasteiger charge is -2.08. The molecule has 0 unspecified atom stereocenters. The number of nitrogens with one attached hydrogen (secondary N) is 1. The van der Waals surface area contributed by atoms with Gasteiger partial charge in [-0.2, -0.15) is 5.10 Å². The molecule has 1 aromatic heterocycles. The van der Waals surface area contributed by atoms with Crippen LogP contribution in [0.15, 0.2) is 72.9 Å². The van der Waals surface area contributed by atoms with Gasteiger partial charge in [-0.3, -0.25) is 5.10 Å². The predicted molar refractivity (Wildman–Crippen MR) is 101 cm³/mol. The summed E-state index contributed by atoms with van der Waals surface area (Å²) in [5.41, 5.74) is 4.41. The highest BCUT2D eigenvalue weighted by atomic mass is 19.1. The number of aromatic amines is 1. The minimum atomic E-state index is -0.218. The summed E-state index contributed by atoms with van der Waals surface area (Å²) in [7, 11) is 0. The van der Waals surface area contributed by atoms with Gasteiger partial charge in [0.25, 0.3) is 0 Å². The summed E-state index contributed by atoms with van der Waals surface area (Å²) in [5, 5.41) is 7.94. The zero-order chi connectivity index (χ0) is 17.8. The van der Waals surface area contributed by atoms with Crippen LogP contribution in [0.2, 0.25) is 0 Å². The predicted octanol–water partition coefficient (Wildman–Crippen LogP) is 5.13. The monoisotopic (exact) mass is 346 g/mol. The molecular formula is C22H19FN2O. The van der Waals surface area contributed by atoms with E-state index in [1.165, 1.54) is 0 Å². The van der Waals surface area contributed by atoms with E-state index in [0.29, 0.717) is 25.2 Å². The van der Waals surface area contributed by atoms with Gasteiger partial charge in [0.2, 0.25) is 0 Å². The molecule has 130 valence electrons. The number of H-pyrrole nitrogens is 1. The van der Waals surface area contributed by atoms with Crippen molar-refractivity contribution in [3.63, 3.8) is 0 Å². The first-order chi connectivity index (χ1) is 12.8. The molecule has 0 amide bonds. The van der Waals surface area contributed by atoms with E-state index < -0.39 is 0 Å². The van der Waals surface area contributed by atoms with Crippen LogP contribution in [0, 0.1) is 5.82 Å². The Bertz CT molecular complexity index is 1010. The second-order valence-corrected chi connectivity index (χ2v) is 6.27. The molecule has 0 atom stereocenters. The zero-order valence-electron chi connectivity index (χ0n) is 14.3. The fourth-order valence-electron chi connectivity index (χ4n) is 3.01. The van der Waals surface area contributed by atoms with Crippen molar-refractivity contribution in [3.8, 4) is 11.1 Å². The van der Waals surface area contributed by atoms with E-state index in [9.17, 15) is 4.39 Å². The Balaban J connectivity index is 1.40. The fourth-order valence-corrected chi connectivity index (χ4v) is 3.01. The second kappa shape index (κ2) is 7.50. The number of ether oxygens (including phenoxy) is 1. The van der Waals surface area contributed by atoms with E-state index in [4.69, 9.17) is 4.74 Å². The first-order valence-electron chi connectivity index (χ1n) is 8.63. The molecule has 0 bridgehead atoms. The highest BCUT2D eigenvalue weighted by Gasteiger charge is 2.08. The average molecular weight is 346 g/mol. The lowest BCUT2D eigenvalue weighted by atomic mass is 10.0. The van der Waals surface area contributed by atoms with E-state index in [0.717, 1.165) is 27.6 Å². The molecule has 0 aliphatic heterocycles. The first-order valence-corrected chi connectivity index (χ1v) is 8.63. The lowest BCUT2D eigenvalue weighted by Crippen LogP contribution is -2.00. The summed E-state index contributed by atoms with van der Waals surface area (Å²) in [6, 6.07) is 21.2. The number of hydrogen-bond acceptors (Lipinski definition) is 2. The third kappa shape index (κ3) is 3.65. The Morgan fingerprint density at radius 2 is 1.81 bits per heavy atom. The van der Waals surface area contributed by atoms with E-state index in [1.54, 1.807) is 12.3 Å². The molecule has 0 aliphatic rings. The standard InChI is InChI=1S/C22H19FN2O/c23-21-12-16(10-11-26-15-17-4-2-1-3-5-17)6-9-20(21)18-7-8-19-14-24-25-22(19)13-18/h1-9,12-14H,10-11,15H2,(H,24,25). The molecule has 0 spiro atoms. The van der Waals surface area contributed by atoms with Crippen LogP contribution < -0.4 is 0 Å². The van der Waals surface area contributed by atoms with Crippen LogP contribution in [0.1, 0.15) is 11.1 Å². The van der Waals surface area contributed by atoms with Crippen LogP contribution in [0.5, 0.6) is 0 Å². The number of nitrogens with zero attached hydrogens (tertiary/aromatic N) is 1. The summed E-state index contributed by atoms with van der Waals surface area (Å²) >= 11 is 0. The van der Waals surface area contributed by atoms with Gasteiger partial charge >= 0.3 is 0 Å². The minimum absolute atomic E-state index is 0.218. The van der Waals surface area contributed by atoms with Crippen molar-refractivity contribution in [1.82, 2.24) is 10.2 Å². The van der Waals surface area contributed by atoms with Gasteiger partial charge in [-0.05, 0) is 35.2 Å². The molecule has 4 aromatic rings. The normalized spacial score (nSPS) is 11.1. The van der Waals surface area contributed by atoms with E-state index >= 15 is 0 Å². The molecule has 0 saturated carbocycles. The molecule has 4 heteroatoms. The van der Waals surface area contributed by atoms with Crippen molar-refractivity contribution in [2.75, 3.05) is 6.61 Å². The van der Waals surface area contributed by atoms with Crippen molar-refractivity contribution in [1.29, 1.82) is 0 Å². The molecule has 0 fully saturated rings. The highest BCUT2D eigenvalue weighted by Crippen LogP contribution is 2.26. The Morgan fingerprint density at radius 3 is 2.65 bits per heavy atom. The Labute approximate surface area is 151 Å². The summed E-state index contributed by atoms with van der Waals surface area (Å²) in [6.07, 6.45) is 2.44. The highest BCUT2D eigenvalue weighted by molar-refractivity contribution is 5.83. The van der Waals surface area contributed by atoms with Crippen LogP contribution in [0.3, 0.4) is 0 Å². The van der Waals surface area contributed by atoms with Gasteiger partial charge in [0.05, 0.1) is 24.9 Å². The summed E-state index contributed by atoms with van der Waals surface area (Å²) < 4.78 is 20.3. The van der Waals surface area contributed by atoms with Crippen molar-refractivity contribution in [3.05, 3.63) is 89.9 Å². The van der Waals surface area contributed by atoms with Crippen LogP contribution in [-0.4, -0.2) is 16.8 Å². The van der Waals surface area contributed by atoms with Crippen molar-refractivity contribution in [2.45, 2.75) is 13.0 Å². The minimum Gasteiger partial charge on any atom is -0.376 e. The molecule has 3 nitrogen and oxygen atoms in total. The number of aromatic nitrogens is 2. The summed E-state index contributed by atoms with van der Waals surface area (Å²) in [4.78, 5) is 0. The lowest BCUT2D eigenvalue weighted by molar-refractivity contribution is 0.124. The molecule has 3 aromatic carbocycles. The molecule has 0 saturated heterocycles. The molecule has 1 N–H and O–H groups in total. The van der Waals surface area contributed by atoms with E-state index in [1.807, 2.05) is 60.7 Å². The van der Waals surface area contributed by atoms with Crippen LogP contribution in [0.4, 0.5) is 4.39 Å². The summed E-state index contributed by atoms with van der Waals surface area (Å²) in [6.45, 7) is 1.14. The van der Waals surface area contributed by atoms with Crippen LogP contribution >= 0.6 is 0 Å². The topological polar surface area (TPSA) is 37.9 Å². The van der Waals surface area contributed by atoms with Gasteiger partial charge in [0.1, 0.15) is 5.82 Å². The molecule has 0 radical (unpaired) electrons. The Kier molecular flexibility index (Phi) is 4.75. The van der Waals surface area contributed by atoms with Gasteiger partial charge in [-0.25, -0.2) is 4.39 Å². The number of halogens is 1. The number of hydrogen-bond donors (Lipinski definition) is 1. The van der Waals surface area contributed by atoms with Crippen molar-refractivity contribution < 1.29 is 9.13 Å². The van der Waals surface area contributed by atoms with Crippen LogP contribution in [-0.2, 0) is 17.8 Å². The third-order valence-corrected chi connectivity index (χ3v) is 4.43. The number of rotatable bonds is 6. The van der Waals surface area contributed by atoms with E-state index in [2.05, 4.69) is 10.2 Å². The van der Waals surface area contributed by atoms with Crippen molar-refractivity contribution in [2.24, 2.45) is 0 Å². The molecular weight excluding hydrogens is 327 g/mol. The zero-order valence-corrected chi connectivity index (χ0v) is 14.3. The first kappa shape index (κ1) is 16.5. The van der Waals surface area contributed by atoms with Gasteiger partial charge in [-0.15, -0.1) is 0 Å². The Hall–Kier alpha value is -2.98. The van der Waals surface area contributed by atoms with E-state index in [-0.39, 0.29) is 5.82 Å². The molecule has 26 heavy (non-hydrogen) atoms. The van der Waals surface area contributed by atoms with Gasteiger partial charge in [-0.1, -0.05) is 54.6 Å². The number of benzene rings is 3. The van der Waals surface area contributed by atoms with Gasteiger partial charge < -0.3 is 4.74 Å². The maximum atomic E-state index is 14.6. The molecule has 1 heterocycles. The number of fused-ring (bicyclic) bond motifs is 1. The second-order valence-electron chi connectivity index (χ2n) is 6.27. The van der Waals surface area contributed by atoms with Gasteiger partial charge in [0.15, 0.2) is 0 Å². The SMILES string of the molecule is Fc1cc(CCOCc2ccccc2)ccc1-c1ccc2cn[nH]c2c1. The van der Waals surface area contributed by atoms with Crippen molar-refractivity contribution >= 4 is 10.9 Å². The molecule has 4 rings (SSSR count). The fraction of sp³-hybridized carbons (Fsp3) is 0.136. The van der Waals surface area contributed by atoms with Gasteiger partial charge in [0, 0.05) is 10.9 Å². The molecule has 0 aliphatic carbocycles.